The van der Waals surface area contributed by atoms with Crippen molar-refractivity contribution in [3.63, 3.8) is 0 Å². The van der Waals surface area contributed by atoms with Crippen LogP contribution in [0.25, 0.3) is 0 Å². The molecule has 0 bridgehead atoms. The highest BCUT2D eigenvalue weighted by atomic mass is 19.1. The highest BCUT2D eigenvalue weighted by Crippen LogP contribution is 2.35. The van der Waals surface area contributed by atoms with Crippen molar-refractivity contribution in [1.29, 1.82) is 0 Å². The van der Waals surface area contributed by atoms with E-state index in [1.807, 2.05) is 55.5 Å². The number of aliphatic hydroxyl groups is 1. The topological polar surface area (TPSA) is 53.0 Å². The molecule has 2 fully saturated rings. The third-order valence-corrected chi connectivity index (χ3v) is 8.83. The Balaban J connectivity index is 0.000000179. The molecule has 6 rings (SSSR count). The second-order valence-electron chi connectivity index (χ2n) is 12.0. The fraction of sp³-hybridized carbons (Fsp3) is 0.342. The summed E-state index contributed by atoms with van der Waals surface area (Å²) >= 11 is 0. The Morgan fingerprint density at radius 2 is 1.16 bits per heavy atom. The maximum Gasteiger partial charge on any atom is 0.310 e. The number of aliphatic hydroxyl groups excluding tert-OH is 1. The number of carbonyl (C=O) groups excluding carboxylic acids is 1. The van der Waals surface area contributed by atoms with Crippen LogP contribution < -0.4 is 0 Å². The number of hydrogen-bond acceptors (Lipinski definition) is 5. The van der Waals surface area contributed by atoms with Gasteiger partial charge in [0.1, 0.15) is 11.6 Å². The summed E-state index contributed by atoms with van der Waals surface area (Å²) in [5, 5.41) is 9.64. The van der Waals surface area contributed by atoms with Crippen LogP contribution in [0.5, 0.6) is 0 Å². The largest absolute Gasteiger partial charge is 0.466 e. The van der Waals surface area contributed by atoms with E-state index in [0.717, 1.165) is 43.9 Å². The monoisotopic (exact) mass is 612 g/mol. The number of rotatable bonds is 9. The van der Waals surface area contributed by atoms with E-state index in [1.165, 1.54) is 35.4 Å². The zero-order valence-corrected chi connectivity index (χ0v) is 25.8. The van der Waals surface area contributed by atoms with Gasteiger partial charge in [-0.2, -0.15) is 0 Å². The first-order valence-electron chi connectivity index (χ1n) is 15.7. The van der Waals surface area contributed by atoms with Crippen LogP contribution in [0.3, 0.4) is 0 Å². The molecule has 4 atom stereocenters. The van der Waals surface area contributed by atoms with Gasteiger partial charge in [0, 0.05) is 63.6 Å². The molecule has 2 saturated heterocycles. The molecule has 236 valence electrons. The Bertz CT molecular complexity index is 1470. The highest BCUT2D eigenvalue weighted by Gasteiger charge is 2.39. The molecule has 2 heterocycles. The Hall–Kier alpha value is -3.91. The van der Waals surface area contributed by atoms with E-state index in [4.69, 9.17) is 4.74 Å². The second kappa shape index (κ2) is 15.9. The first kappa shape index (κ1) is 32.5. The van der Waals surface area contributed by atoms with Gasteiger partial charge in [0.2, 0.25) is 0 Å². The molecule has 1 N–H and O–H groups in total. The number of ether oxygens (including phenoxy) is 1. The van der Waals surface area contributed by atoms with E-state index in [0.29, 0.717) is 13.2 Å². The van der Waals surface area contributed by atoms with Crippen LogP contribution in [0.2, 0.25) is 0 Å². The predicted octanol–water partition coefficient (Wildman–Crippen LogP) is 6.64. The number of nitrogens with zero attached hydrogens (tertiary/aromatic N) is 2. The van der Waals surface area contributed by atoms with Crippen molar-refractivity contribution < 1.29 is 23.4 Å². The summed E-state index contributed by atoms with van der Waals surface area (Å²) in [5.74, 6) is -0.308. The Kier molecular flexibility index (Phi) is 11.5. The molecule has 0 radical (unpaired) electrons. The van der Waals surface area contributed by atoms with Crippen LogP contribution in [-0.4, -0.2) is 60.3 Å². The van der Waals surface area contributed by atoms with Gasteiger partial charge in [-0.05, 0) is 53.4 Å². The molecule has 7 heteroatoms. The van der Waals surface area contributed by atoms with Crippen LogP contribution in [-0.2, 0) is 22.6 Å². The molecule has 2 aliphatic rings. The van der Waals surface area contributed by atoms with Crippen molar-refractivity contribution in [2.45, 2.75) is 31.8 Å². The van der Waals surface area contributed by atoms with Crippen LogP contribution in [0.15, 0.2) is 109 Å². The normalized spacial score (nSPS) is 21.7. The molecule has 4 aromatic carbocycles. The smallest absolute Gasteiger partial charge is 0.310 e. The number of hydrogen-bond donors (Lipinski definition) is 1. The molecule has 4 unspecified atom stereocenters. The van der Waals surface area contributed by atoms with Gasteiger partial charge in [-0.25, -0.2) is 8.78 Å². The Morgan fingerprint density at radius 1 is 0.689 bits per heavy atom. The summed E-state index contributed by atoms with van der Waals surface area (Å²) in [6.07, 6.45) is 0. The third-order valence-electron chi connectivity index (χ3n) is 8.83. The minimum absolute atomic E-state index is 0.0355. The average molecular weight is 613 g/mol. The number of esters is 1. The van der Waals surface area contributed by atoms with E-state index < -0.39 is 0 Å². The summed E-state index contributed by atoms with van der Waals surface area (Å²) in [6, 6.07) is 33.7. The molecule has 45 heavy (non-hydrogen) atoms. The minimum Gasteiger partial charge on any atom is -0.466 e. The van der Waals surface area contributed by atoms with E-state index in [-0.39, 0.29) is 47.9 Å². The highest BCUT2D eigenvalue weighted by molar-refractivity contribution is 5.74. The van der Waals surface area contributed by atoms with Crippen molar-refractivity contribution in [3.8, 4) is 0 Å². The minimum atomic E-state index is -0.259. The van der Waals surface area contributed by atoms with Gasteiger partial charge in [0.05, 0.1) is 12.5 Å². The predicted molar refractivity (Wildman–Crippen MR) is 172 cm³/mol. The SMILES string of the molecule is CCOC(=O)C1CN(Cc2ccccc2)CC1c1ccc(F)cc1.OCC1CN(Cc2ccccc2)CC1c1ccc(F)cc1. The lowest BCUT2D eigenvalue weighted by molar-refractivity contribution is -0.148. The van der Waals surface area contributed by atoms with Crippen molar-refractivity contribution in [1.82, 2.24) is 9.80 Å². The van der Waals surface area contributed by atoms with Crippen LogP contribution in [0, 0.1) is 23.5 Å². The van der Waals surface area contributed by atoms with Crippen molar-refractivity contribution in [2.75, 3.05) is 39.4 Å². The molecule has 0 aliphatic carbocycles. The van der Waals surface area contributed by atoms with E-state index in [1.54, 1.807) is 12.1 Å². The second-order valence-corrected chi connectivity index (χ2v) is 12.0. The molecular weight excluding hydrogens is 570 g/mol. The molecule has 0 aromatic heterocycles. The number of likely N-dealkylation sites (tertiary alicyclic amines) is 2. The van der Waals surface area contributed by atoms with E-state index in [9.17, 15) is 18.7 Å². The average Bonchev–Trinajstić information content (AvgIpc) is 3.67. The van der Waals surface area contributed by atoms with Gasteiger partial charge in [0.25, 0.3) is 0 Å². The summed E-state index contributed by atoms with van der Waals surface area (Å²) < 4.78 is 31.5. The van der Waals surface area contributed by atoms with Crippen molar-refractivity contribution in [2.24, 2.45) is 11.8 Å². The molecule has 0 spiro atoms. The maximum absolute atomic E-state index is 13.2. The lowest BCUT2D eigenvalue weighted by Gasteiger charge is -2.17. The summed E-state index contributed by atoms with van der Waals surface area (Å²) in [5.41, 5.74) is 4.62. The van der Waals surface area contributed by atoms with Gasteiger partial charge in [-0.1, -0.05) is 84.9 Å². The zero-order valence-electron chi connectivity index (χ0n) is 25.8. The summed E-state index contributed by atoms with van der Waals surface area (Å²) in [4.78, 5) is 17.0. The van der Waals surface area contributed by atoms with E-state index >= 15 is 0 Å². The first-order valence-corrected chi connectivity index (χ1v) is 15.7. The number of benzene rings is 4. The lowest BCUT2D eigenvalue weighted by Crippen LogP contribution is -2.25. The fourth-order valence-corrected chi connectivity index (χ4v) is 6.60. The van der Waals surface area contributed by atoms with Crippen molar-refractivity contribution in [3.05, 3.63) is 143 Å². The Labute approximate surface area is 265 Å². The summed E-state index contributed by atoms with van der Waals surface area (Å²) in [7, 11) is 0. The summed E-state index contributed by atoms with van der Waals surface area (Å²) in [6.45, 7) is 7.29. The first-order chi connectivity index (χ1) is 21.9. The molecule has 0 amide bonds. The lowest BCUT2D eigenvalue weighted by atomic mass is 9.89. The maximum atomic E-state index is 13.2. The van der Waals surface area contributed by atoms with Crippen LogP contribution in [0.4, 0.5) is 8.78 Å². The molecule has 4 aromatic rings. The fourth-order valence-electron chi connectivity index (χ4n) is 6.60. The van der Waals surface area contributed by atoms with Gasteiger partial charge in [0.15, 0.2) is 0 Å². The van der Waals surface area contributed by atoms with Crippen LogP contribution in [0.1, 0.15) is 41.0 Å². The van der Waals surface area contributed by atoms with Crippen molar-refractivity contribution >= 4 is 5.97 Å². The van der Waals surface area contributed by atoms with Crippen LogP contribution >= 0.6 is 0 Å². The van der Waals surface area contributed by atoms with E-state index in [2.05, 4.69) is 34.1 Å². The van der Waals surface area contributed by atoms with Gasteiger partial charge < -0.3 is 9.84 Å². The Morgan fingerprint density at radius 3 is 1.64 bits per heavy atom. The molecule has 0 saturated carbocycles. The molecular formula is C38H42F2N2O3. The van der Waals surface area contributed by atoms with Gasteiger partial charge in [-0.3, -0.25) is 14.6 Å². The van der Waals surface area contributed by atoms with Gasteiger partial charge in [-0.15, -0.1) is 0 Å². The number of halogens is 2. The van der Waals surface area contributed by atoms with Gasteiger partial charge >= 0.3 is 5.97 Å². The molecule has 2 aliphatic heterocycles. The third kappa shape index (κ3) is 8.85. The number of carbonyl (C=O) groups is 1. The quantitative estimate of drug-likeness (QED) is 0.215. The standard InChI is InChI=1S/C20H22FNO2.C18H20FNO/c1-2-24-20(23)19-14-22(12-15-6-4-3-5-7-15)13-18(19)16-8-10-17(21)11-9-16;19-17-8-6-15(7-9-17)18-12-20(11-16(18)13-21)10-14-4-2-1-3-5-14/h3-11,18-19H,2,12-14H2,1H3;1-9,16,18,21H,10-13H2. The molecule has 5 nitrogen and oxygen atoms in total. The zero-order chi connectivity index (χ0) is 31.6.